The third-order valence-corrected chi connectivity index (χ3v) is 2.87. The average molecular weight is 226 g/mol. The van der Waals surface area contributed by atoms with E-state index in [0.29, 0.717) is 0 Å². The van der Waals surface area contributed by atoms with Crippen molar-refractivity contribution in [3.05, 3.63) is 54.2 Å². The molecule has 1 aromatic heterocycles. The van der Waals surface area contributed by atoms with Crippen LogP contribution in [0.4, 0.5) is 0 Å². The molecule has 2 aromatic rings. The number of carbonyl (C=O) groups excluding carboxylic acids is 1. The van der Waals surface area contributed by atoms with Crippen LogP contribution >= 0.6 is 0 Å². The number of pyridine rings is 1. The second kappa shape index (κ2) is 4.91. The number of aryl methyl sites for hydroxylation is 1. The molecule has 0 spiro atoms. The highest BCUT2D eigenvalue weighted by atomic mass is 16.1. The number of ketones is 1. The molecule has 1 heterocycles. The minimum atomic E-state index is 0.105. The lowest BCUT2D eigenvalue weighted by Crippen LogP contribution is -2.34. The van der Waals surface area contributed by atoms with Crippen LogP contribution in [0.5, 0.6) is 0 Å². The van der Waals surface area contributed by atoms with Crippen LogP contribution in [-0.2, 0) is 6.54 Å². The SMILES string of the molecule is CC[n+]1ccccc1-c1ccc(C(C)=O)cc1. The van der Waals surface area contributed by atoms with Crippen molar-refractivity contribution in [2.75, 3.05) is 0 Å². The fourth-order valence-corrected chi connectivity index (χ4v) is 1.89. The second-order valence-corrected chi connectivity index (χ2v) is 4.01. The summed E-state index contributed by atoms with van der Waals surface area (Å²) in [6, 6.07) is 13.9. The molecule has 0 saturated carbocycles. The van der Waals surface area contributed by atoms with E-state index in [9.17, 15) is 4.79 Å². The Hall–Kier alpha value is -1.96. The molecule has 17 heavy (non-hydrogen) atoms. The van der Waals surface area contributed by atoms with Gasteiger partial charge in [-0.1, -0.05) is 12.1 Å². The Balaban J connectivity index is 2.43. The summed E-state index contributed by atoms with van der Waals surface area (Å²) in [5, 5.41) is 0. The lowest BCUT2D eigenvalue weighted by molar-refractivity contribution is -0.682. The van der Waals surface area contributed by atoms with Crippen LogP contribution < -0.4 is 4.57 Å². The van der Waals surface area contributed by atoms with Gasteiger partial charge in [-0.15, -0.1) is 0 Å². The molecule has 2 rings (SSSR count). The molecule has 0 amide bonds. The Kier molecular flexibility index (Phi) is 3.33. The van der Waals surface area contributed by atoms with E-state index in [1.54, 1.807) is 6.92 Å². The summed E-state index contributed by atoms with van der Waals surface area (Å²) >= 11 is 0. The normalized spacial score (nSPS) is 10.2. The first-order chi connectivity index (χ1) is 8.22. The average Bonchev–Trinajstić information content (AvgIpc) is 2.39. The van der Waals surface area contributed by atoms with Gasteiger partial charge in [0.25, 0.3) is 0 Å². The summed E-state index contributed by atoms with van der Waals surface area (Å²) in [7, 11) is 0. The lowest BCUT2D eigenvalue weighted by atomic mass is 10.1. The van der Waals surface area contributed by atoms with E-state index in [0.717, 1.165) is 17.7 Å². The van der Waals surface area contributed by atoms with Crippen molar-refractivity contribution in [3.8, 4) is 11.3 Å². The number of benzene rings is 1. The van der Waals surface area contributed by atoms with Crippen molar-refractivity contribution in [1.82, 2.24) is 0 Å². The standard InChI is InChI=1S/C15H16NO/c1-3-16-11-5-4-6-15(16)14-9-7-13(8-10-14)12(2)17/h4-11H,3H2,1-2H3/q+1. The van der Waals surface area contributed by atoms with Gasteiger partial charge in [0.2, 0.25) is 5.69 Å². The van der Waals surface area contributed by atoms with Crippen molar-refractivity contribution in [1.29, 1.82) is 0 Å². The van der Waals surface area contributed by atoms with Gasteiger partial charge < -0.3 is 0 Å². The maximum Gasteiger partial charge on any atom is 0.212 e. The zero-order valence-corrected chi connectivity index (χ0v) is 10.2. The zero-order valence-electron chi connectivity index (χ0n) is 10.2. The molecular formula is C15H16NO+. The van der Waals surface area contributed by atoms with Gasteiger partial charge in [-0.05, 0) is 32.0 Å². The first-order valence-corrected chi connectivity index (χ1v) is 5.82. The monoisotopic (exact) mass is 226 g/mol. The van der Waals surface area contributed by atoms with Gasteiger partial charge in [-0.25, -0.2) is 0 Å². The molecule has 0 bridgehead atoms. The number of hydrogen-bond acceptors (Lipinski definition) is 1. The van der Waals surface area contributed by atoms with Crippen molar-refractivity contribution in [2.45, 2.75) is 20.4 Å². The quantitative estimate of drug-likeness (QED) is 0.582. The second-order valence-electron chi connectivity index (χ2n) is 4.01. The van der Waals surface area contributed by atoms with Crippen LogP contribution in [0.15, 0.2) is 48.7 Å². The zero-order chi connectivity index (χ0) is 12.3. The van der Waals surface area contributed by atoms with Crippen LogP contribution in [0, 0.1) is 0 Å². The minimum Gasteiger partial charge on any atom is -0.295 e. The molecular weight excluding hydrogens is 210 g/mol. The van der Waals surface area contributed by atoms with E-state index >= 15 is 0 Å². The van der Waals surface area contributed by atoms with Gasteiger partial charge in [-0.2, -0.15) is 4.57 Å². The molecule has 2 heteroatoms. The van der Waals surface area contributed by atoms with Crippen molar-refractivity contribution in [2.24, 2.45) is 0 Å². The third kappa shape index (κ3) is 2.41. The van der Waals surface area contributed by atoms with Gasteiger partial charge in [0.1, 0.15) is 6.54 Å². The highest BCUT2D eigenvalue weighted by molar-refractivity contribution is 5.94. The summed E-state index contributed by atoms with van der Waals surface area (Å²) in [4.78, 5) is 11.2. The molecule has 0 radical (unpaired) electrons. The fourth-order valence-electron chi connectivity index (χ4n) is 1.89. The van der Waals surface area contributed by atoms with Gasteiger partial charge in [-0.3, -0.25) is 4.79 Å². The largest absolute Gasteiger partial charge is 0.295 e. The Morgan fingerprint density at radius 3 is 2.41 bits per heavy atom. The molecule has 0 aliphatic heterocycles. The molecule has 0 aliphatic rings. The summed E-state index contributed by atoms with van der Waals surface area (Å²) in [6.07, 6.45) is 2.06. The van der Waals surface area contributed by atoms with E-state index in [1.807, 2.05) is 36.4 Å². The van der Waals surface area contributed by atoms with Crippen LogP contribution in [0.3, 0.4) is 0 Å². The summed E-state index contributed by atoms with van der Waals surface area (Å²) < 4.78 is 2.18. The molecule has 0 fully saturated rings. The molecule has 86 valence electrons. The molecule has 0 N–H and O–H groups in total. The van der Waals surface area contributed by atoms with E-state index in [1.165, 1.54) is 5.69 Å². The number of aromatic nitrogens is 1. The molecule has 2 nitrogen and oxygen atoms in total. The molecule has 0 unspecified atom stereocenters. The van der Waals surface area contributed by atoms with Crippen LogP contribution in [-0.4, -0.2) is 5.78 Å². The predicted molar refractivity (Wildman–Crippen MR) is 67.8 cm³/mol. The molecule has 1 aromatic carbocycles. The number of hydrogen-bond donors (Lipinski definition) is 0. The summed E-state index contributed by atoms with van der Waals surface area (Å²) in [5.41, 5.74) is 3.07. The topological polar surface area (TPSA) is 20.9 Å². The highest BCUT2D eigenvalue weighted by Crippen LogP contribution is 2.16. The number of rotatable bonds is 3. The molecule has 0 saturated heterocycles. The number of nitrogens with zero attached hydrogens (tertiary/aromatic N) is 1. The van der Waals surface area contributed by atoms with Gasteiger partial charge in [0, 0.05) is 23.3 Å². The maximum absolute atomic E-state index is 11.2. The van der Waals surface area contributed by atoms with Crippen LogP contribution in [0.25, 0.3) is 11.3 Å². The third-order valence-electron chi connectivity index (χ3n) is 2.87. The van der Waals surface area contributed by atoms with E-state index in [-0.39, 0.29) is 5.78 Å². The Bertz CT molecular complexity index is 529. The van der Waals surface area contributed by atoms with E-state index in [2.05, 4.69) is 23.8 Å². The fraction of sp³-hybridized carbons (Fsp3) is 0.200. The summed E-state index contributed by atoms with van der Waals surface area (Å²) in [5.74, 6) is 0.105. The summed E-state index contributed by atoms with van der Waals surface area (Å²) in [6.45, 7) is 4.64. The van der Waals surface area contributed by atoms with Crippen molar-refractivity contribution in [3.63, 3.8) is 0 Å². The molecule has 0 aliphatic carbocycles. The smallest absolute Gasteiger partial charge is 0.212 e. The van der Waals surface area contributed by atoms with Crippen LogP contribution in [0.1, 0.15) is 24.2 Å². The van der Waals surface area contributed by atoms with E-state index < -0.39 is 0 Å². The minimum absolute atomic E-state index is 0.105. The van der Waals surface area contributed by atoms with Gasteiger partial charge in [0.15, 0.2) is 12.0 Å². The Labute approximate surface area is 102 Å². The van der Waals surface area contributed by atoms with Crippen molar-refractivity contribution >= 4 is 5.78 Å². The highest BCUT2D eigenvalue weighted by Gasteiger charge is 2.10. The first-order valence-electron chi connectivity index (χ1n) is 5.82. The lowest BCUT2D eigenvalue weighted by Gasteiger charge is -2.02. The number of Topliss-reactive ketones (excluding diaryl/α,β-unsaturated/α-hetero) is 1. The number of carbonyl (C=O) groups is 1. The predicted octanol–water partition coefficient (Wildman–Crippen LogP) is 2.86. The Morgan fingerprint density at radius 2 is 1.82 bits per heavy atom. The van der Waals surface area contributed by atoms with E-state index in [4.69, 9.17) is 0 Å². The van der Waals surface area contributed by atoms with Crippen LogP contribution in [0.2, 0.25) is 0 Å². The van der Waals surface area contributed by atoms with Crippen molar-refractivity contribution < 1.29 is 9.36 Å². The molecule has 0 atom stereocenters. The van der Waals surface area contributed by atoms with Gasteiger partial charge >= 0.3 is 0 Å². The van der Waals surface area contributed by atoms with Gasteiger partial charge in [0.05, 0.1) is 0 Å². The maximum atomic E-state index is 11.2. The Morgan fingerprint density at radius 1 is 1.12 bits per heavy atom. The first kappa shape index (κ1) is 11.5.